The average Bonchev–Trinajstić information content (AvgIpc) is 3.25. The summed E-state index contributed by atoms with van der Waals surface area (Å²) in [7, 11) is 0. The van der Waals surface area contributed by atoms with Crippen LogP contribution in [0.4, 0.5) is 0 Å². The fourth-order valence-corrected chi connectivity index (χ4v) is 3.39. The van der Waals surface area contributed by atoms with E-state index in [9.17, 15) is 0 Å². The van der Waals surface area contributed by atoms with Gasteiger partial charge in [-0.05, 0) is 54.4 Å². The number of nitrogens with one attached hydrogen (secondary N) is 3. The second-order valence-electron chi connectivity index (χ2n) is 6.14. The highest BCUT2D eigenvalue weighted by atomic mass is 15.1. The number of fused-ring (bicyclic) bond motifs is 2. The van der Waals surface area contributed by atoms with Gasteiger partial charge >= 0.3 is 0 Å². The molecule has 1 aromatic carbocycles. The summed E-state index contributed by atoms with van der Waals surface area (Å²) in [6.45, 7) is 1.98. The van der Waals surface area contributed by atoms with Gasteiger partial charge in [-0.2, -0.15) is 5.10 Å². The number of benzene rings is 1. The van der Waals surface area contributed by atoms with Crippen molar-refractivity contribution >= 4 is 27.5 Å². The highest BCUT2D eigenvalue weighted by Crippen LogP contribution is 2.31. The first-order valence-corrected chi connectivity index (χ1v) is 8.21. The lowest BCUT2D eigenvalue weighted by Crippen LogP contribution is -2.19. The fourth-order valence-electron chi connectivity index (χ4n) is 3.39. The van der Waals surface area contributed by atoms with E-state index in [0.717, 1.165) is 52.8 Å². The molecule has 0 saturated heterocycles. The van der Waals surface area contributed by atoms with Gasteiger partial charge in [-0.1, -0.05) is 12.1 Å². The van der Waals surface area contributed by atoms with E-state index in [2.05, 4.69) is 61.9 Å². The third kappa shape index (κ3) is 2.13. The standard InChI is InChI=1S/C19H17N5/c1-2-14-11-17(22-19(14)21-7-1)18-15-10-13(3-4-16(15)23-24-18)12-5-8-20-9-6-12/h1-5,7,10-11,20H,6,8-9H2,(H,21,22)(H,23,24). The second-order valence-corrected chi connectivity index (χ2v) is 6.14. The van der Waals surface area contributed by atoms with E-state index in [0.29, 0.717) is 0 Å². The lowest BCUT2D eigenvalue weighted by atomic mass is 9.98. The summed E-state index contributed by atoms with van der Waals surface area (Å²) < 4.78 is 0. The third-order valence-corrected chi connectivity index (χ3v) is 4.64. The molecule has 5 rings (SSSR count). The average molecular weight is 315 g/mol. The van der Waals surface area contributed by atoms with Crippen LogP contribution in [0.15, 0.2) is 48.7 Å². The van der Waals surface area contributed by atoms with Gasteiger partial charge < -0.3 is 10.3 Å². The van der Waals surface area contributed by atoms with Gasteiger partial charge in [0.25, 0.3) is 0 Å². The van der Waals surface area contributed by atoms with Crippen molar-refractivity contribution in [1.82, 2.24) is 25.5 Å². The summed E-state index contributed by atoms with van der Waals surface area (Å²) in [6, 6.07) is 12.6. The van der Waals surface area contributed by atoms with Crippen LogP contribution in [0, 0.1) is 0 Å². The molecular weight excluding hydrogens is 298 g/mol. The lowest BCUT2D eigenvalue weighted by Gasteiger charge is -2.14. The first-order chi connectivity index (χ1) is 11.9. The number of aromatic nitrogens is 4. The molecule has 0 radical (unpaired) electrons. The molecule has 0 saturated carbocycles. The molecule has 1 aliphatic heterocycles. The molecule has 4 heterocycles. The molecule has 4 aromatic rings. The molecule has 0 atom stereocenters. The summed E-state index contributed by atoms with van der Waals surface area (Å²) in [6.07, 6.45) is 5.14. The summed E-state index contributed by atoms with van der Waals surface area (Å²) in [4.78, 5) is 7.74. The number of rotatable bonds is 2. The van der Waals surface area contributed by atoms with Crippen molar-refractivity contribution in [2.75, 3.05) is 13.1 Å². The van der Waals surface area contributed by atoms with E-state index in [1.165, 1.54) is 11.1 Å². The molecule has 3 N–H and O–H groups in total. The van der Waals surface area contributed by atoms with Crippen LogP contribution < -0.4 is 5.32 Å². The van der Waals surface area contributed by atoms with Crippen LogP contribution in [0.3, 0.4) is 0 Å². The van der Waals surface area contributed by atoms with Gasteiger partial charge in [-0.25, -0.2) is 4.98 Å². The Bertz CT molecular complexity index is 1040. The maximum Gasteiger partial charge on any atom is 0.137 e. The maximum atomic E-state index is 4.53. The minimum Gasteiger partial charge on any atom is -0.338 e. The summed E-state index contributed by atoms with van der Waals surface area (Å²) in [5.74, 6) is 0. The van der Waals surface area contributed by atoms with E-state index < -0.39 is 0 Å². The first-order valence-electron chi connectivity index (χ1n) is 8.21. The van der Waals surface area contributed by atoms with Gasteiger partial charge in [0, 0.05) is 23.5 Å². The molecular formula is C19H17N5. The van der Waals surface area contributed by atoms with E-state index >= 15 is 0 Å². The van der Waals surface area contributed by atoms with Gasteiger partial charge in [0.2, 0.25) is 0 Å². The van der Waals surface area contributed by atoms with E-state index in [1.54, 1.807) is 6.20 Å². The number of hydrogen-bond donors (Lipinski definition) is 3. The number of hydrogen-bond acceptors (Lipinski definition) is 3. The van der Waals surface area contributed by atoms with Crippen molar-refractivity contribution in [1.29, 1.82) is 0 Å². The van der Waals surface area contributed by atoms with E-state index in [-0.39, 0.29) is 0 Å². The summed E-state index contributed by atoms with van der Waals surface area (Å²) in [5, 5.41) is 13.3. The normalized spacial score (nSPS) is 15.1. The van der Waals surface area contributed by atoms with Crippen LogP contribution in [0.1, 0.15) is 12.0 Å². The smallest absolute Gasteiger partial charge is 0.137 e. The van der Waals surface area contributed by atoms with Crippen LogP contribution in [-0.2, 0) is 0 Å². The zero-order valence-electron chi connectivity index (χ0n) is 13.1. The van der Waals surface area contributed by atoms with Crippen molar-refractivity contribution in [3.05, 3.63) is 54.2 Å². The first kappa shape index (κ1) is 13.5. The topological polar surface area (TPSA) is 69.4 Å². The summed E-state index contributed by atoms with van der Waals surface area (Å²) in [5.41, 5.74) is 6.56. The molecule has 118 valence electrons. The Balaban J connectivity index is 1.66. The van der Waals surface area contributed by atoms with Crippen LogP contribution >= 0.6 is 0 Å². The molecule has 0 spiro atoms. The molecule has 0 aliphatic carbocycles. The van der Waals surface area contributed by atoms with Crippen LogP contribution in [-0.4, -0.2) is 33.3 Å². The lowest BCUT2D eigenvalue weighted by molar-refractivity contribution is 0.739. The Hall–Kier alpha value is -2.92. The third-order valence-electron chi connectivity index (χ3n) is 4.64. The van der Waals surface area contributed by atoms with Gasteiger partial charge in [-0.3, -0.25) is 5.10 Å². The Morgan fingerprint density at radius 1 is 1.08 bits per heavy atom. The quantitative estimate of drug-likeness (QED) is 0.530. The second kappa shape index (κ2) is 5.32. The maximum absolute atomic E-state index is 4.53. The molecule has 5 nitrogen and oxygen atoms in total. The van der Waals surface area contributed by atoms with Crippen molar-refractivity contribution in [2.45, 2.75) is 6.42 Å². The molecule has 5 heteroatoms. The molecule has 24 heavy (non-hydrogen) atoms. The van der Waals surface area contributed by atoms with Gasteiger partial charge in [0.1, 0.15) is 11.3 Å². The van der Waals surface area contributed by atoms with Crippen molar-refractivity contribution in [3.63, 3.8) is 0 Å². The highest BCUT2D eigenvalue weighted by molar-refractivity contribution is 5.96. The predicted molar refractivity (Wildman–Crippen MR) is 96.6 cm³/mol. The zero-order chi connectivity index (χ0) is 15.9. The molecule has 0 unspecified atom stereocenters. The molecule has 1 aliphatic rings. The van der Waals surface area contributed by atoms with Gasteiger partial charge in [0.05, 0.1) is 11.2 Å². The Labute approximate surface area is 138 Å². The summed E-state index contributed by atoms with van der Waals surface area (Å²) >= 11 is 0. The van der Waals surface area contributed by atoms with Gasteiger partial charge in [-0.15, -0.1) is 0 Å². The molecule has 0 fully saturated rings. The highest BCUT2D eigenvalue weighted by Gasteiger charge is 2.13. The molecule has 0 bridgehead atoms. The zero-order valence-corrected chi connectivity index (χ0v) is 13.1. The van der Waals surface area contributed by atoms with Crippen LogP contribution in [0.25, 0.3) is 38.9 Å². The fraction of sp³-hybridized carbons (Fsp3) is 0.158. The van der Waals surface area contributed by atoms with Crippen LogP contribution in [0.2, 0.25) is 0 Å². The Morgan fingerprint density at radius 3 is 2.96 bits per heavy atom. The van der Waals surface area contributed by atoms with Crippen molar-refractivity contribution in [2.24, 2.45) is 0 Å². The minimum absolute atomic E-state index is 0.890. The SMILES string of the molecule is C1=C(c2ccc3[nH]nc(-c4cc5cccnc5[nH]4)c3c2)CCNC1. The van der Waals surface area contributed by atoms with Crippen molar-refractivity contribution in [3.8, 4) is 11.4 Å². The van der Waals surface area contributed by atoms with Crippen LogP contribution in [0.5, 0.6) is 0 Å². The number of pyridine rings is 1. The Kier molecular flexibility index (Phi) is 2.99. The van der Waals surface area contributed by atoms with E-state index in [4.69, 9.17) is 0 Å². The largest absolute Gasteiger partial charge is 0.338 e. The van der Waals surface area contributed by atoms with Crippen molar-refractivity contribution < 1.29 is 0 Å². The molecule has 3 aromatic heterocycles. The molecule has 0 amide bonds. The number of nitrogens with zero attached hydrogens (tertiary/aromatic N) is 2. The van der Waals surface area contributed by atoms with E-state index in [1.807, 2.05) is 6.07 Å². The minimum atomic E-state index is 0.890. The number of H-pyrrole nitrogens is 2. The Morgan fingerprint density at radius 2 is 2.08 bits per heavy atom. The number of aromatic amines is 2. The predicted octanol–water partition coefficient (Wildman–Crippen LogP) is 3.48. The monoisotopic (exact) mass is 315 g/mol. The van der Waals surface area contributed by atoms with Gasteiger partial charge in [0.15, 0.2) is 0 Å².